The lowest BCUT2D eigenvalue weighted by atomic mass is 10.1. The largest absolute Gasteiger partial charge is 0.491 e. The molecule has 0 aliphatic rings. The molecular weight excluding hydrogens is 262 g/mol. The van der Waals surface area contributed by atoms with Gasteiger partial charge in [0.05, 0.1) is 17.5 Å². The summed E-state index contributed by atoms with van der Waals surface area (Å²) in [7, 11) is 0. The number of hydrogen-bond acceptors (Lipinski definition) is 3. The number of nitrogens with zero attached hydrogens (tertiary/aromatic N) is 2. The van der Waals surface area contributed by atoms with E-state index in [9.17, 15) is 0 Å². The zero-order valence-electron chi connectivity index (χ0n) is 12.5. The first-order chi connectivity index (χ1) is 10.0. The van der Waals surface area contributed by atoms with Crippen LogP contribution < -0.4 is 10.5 Å². The van der Waals surface area contributed by atoms with Gasteiger partial charge >= 0.3 is 0 Å². The van der Waals surface area contributed by atoms with Crippen molar-refractivity contribution in [3.05, 3.63) is 48.3 Å². The fourth-order valence-corrected chi connectivity index (χ4v) is 2.26. The fraction of sp³-hybridized carbons (Fsp3) is 0.235. The Morgan fingerprint density at radius 1 is 1.14 bits per heavy atom. The highest BCUT2D eigenvalue weighted by molar-refractivity contribution is 5.65. The highest BCUT2D eigenvalue weighted by Gasteiger charge is 2.06. The van der Waals surface area contributed by atoms with Crippen molar-refractivity contribution >= 4 is 11.3 Å². The molecule has 1 aromatic carbocycles. The van der Waals surface area contributed by atoms with Gasteiger partial charge in [-0.2, -0.15) is 0 Å². The molecule has 4 heteroatoms. The van der Waals surface area contributed by atoms with E-state index >= 15 is 0 Å². The average molecular weight is 281 g/mol. The number of nitrogen functional groups attached to an aromatic ring is 1. The second-order valence-corrected chi connectivity index (χ2v) is 5.49. The van der Waals surface area contributed by atoms with Crippen LogP contribution in [0, 0.1) is 6.92 Å². The minimum atomic E-state index is 0.178. The summed E-state index contributed by atoms with van der Waals surface area (Å²) in [4.78, 5) is 4.64. The van der Waals surface area contributed by atoms with Crippen LogP contribution in [0.4, 0.5) is 5.69 Å². The number of pyridine rings is 1. The van der Waals surface area contributed by atoms with Crippen LogP contribution in [0.25, 0.3) is 16.9 Å². The van der Waals surface area contributed by atoms with Crippen molar-refractivity contribution in [1.29, 1.82) is 0 Å². The van der Waals surface area contributed by atoms with Crippen molar-refractivity contribution in [3.8, 4) is 17.0 Å². The van der Waals surface area contributed by atoms with Crippen molar-refractivity contribution in [2.75, 3.05) is 5.73 Å². The molecule has 0 bridgehead atoms. The minimum absolute atomic E-state index is 0.178. The number of anilines is 1. The summed E-state index contributed by atoms with van der Waals surface area (Å²) in [5.41, 5.74) is 10.6. The van der Waals surface area contributed by atoms with Crippen molar-refractivity contribution < 1.29 is 4.74 Å². The molecule has 21 heavy (non-hydrogen) atoms. The Morgan fingerprint density at radius 2 is 1.86 bits per heavy atom. The van der Waals surface area contributed by atoms with E-state index in [2.05, 4.69) is 4.98 Å². The highest BCUT2D eigenvalue weighted by Crippen LogP contribution is 2.24. The summed E-state index contributed by atoms with van der Waals surface area (Å²) in [6, 6.07) is 9.98. The number of benzene rings is 1. The molecule has 2 heterocycles. The van der Waals surface area contributed by atoms with Crippen LogP contribution in [-0.2, 0) is 0 Å². The molecule has 108 valence electrons. The van der Waals surface area contributed by atoms with Crippen LogP contribution in [0.1, 0.15) is 19.4 Å². The topological polar surface area (TPSA) is 52.5 Å². The fourth-order valence-electron chi connectivity index (χ4n) is 2.26. The molecule has 0 fully saturated rings. The summed E-state index contributed by atoms with van der Waals surface area (Å²) in [5, 5.41) is 0. The minimum Gasteiger partial charge on any atom is -0.491 e. The second-order valence-electron chi connectivity index (χ2n) is 5.49. The lowest BCUT2D eigenvalue weighted by Gasteiger charge is -2.09. The monoisotopic (exact) mass is 281 g/mol. The number of ether oxygens (including phenoxy) is 1. The van der Waals surface area contributed by atoms with Crippen molar-refractivity contribution in [2.24, 2.45) is 0 Å². The van der Waals surface area contributed by atoms with Gasteiger partial charge in [-0.3, -0.25) is 0 Å². The van der Waals surface area contributed by atoms with Crippen LogP contribution >= 0.6 is 0 Å². The molecule has 0 aliphatic heterocycles. The Bertz CT molecular complexity index is 734. The van der Waals surface area contributed by atoms with E-state index in [1.807, 2.05) is 67.9 Å². The molecule has 3 aromatic rings. The van der Waals surface area contributed by atoms with E-state index in [1.54, 1.807) is 0 Å². The molecule has 0 radical (unpaired) electrons. The number of hydrogen-bond donors (Lipinski definition) is 1. The molecule has 0 amide bonds. The maximum Gasteiger partial charge on any atom is 0.137 e. The summed E-state index contributed by atoms with van der Waals surface area (Å²) < 4.78 is 7.61. The molecule has 0 spiro atoms. The van der Waals surface area contributed by atoms with Crippen LogP contribution in [0.15, 0.2) is 42.7 Å². The Morgan fingerprint density at radius 3 is 2.52 bits per heavy atom. The summed E-state index contributed by atoms with van der Waals surface area (Å²) in [6.07, 6.45) is 4.07. The molecule has 2 aromatic heterocycles. The zero-order chi connectivity index (χ0) is 15.0. The van der Waals surface area contributed by atoms with E-state index in [4.69, 9.17) is 10.5 Å². The number of aromatic nitrogens is 2. The van der Waals surface area contributed by atoms with Gasteiger partial charge in [0.1, 0.15) is 11.4 Å². The van der Waals surface area contributed by atoms with Gasteiger partial charge in [-0.25, -0.2) is 4.98 Å². The molecule has 0 atom stereocenters. The van der Waals surface area contributed by atoms with E-state index in [0.29, 0.717) is 0 Å². The number of nitrogens with two attached hydrogens (primary N) is 1. The van der Waals surface area contributed by atoms with Crippen molar-refractivity contribution in [2.45, 2.75) is 26.9 Å². The molecule has 2 N–H and O–H groups in total. The van der Waals surface area contributed by atoms with Gasteiger partial charge in [-0.15, -0.1) is 0 Å². The quantitative estimate of drug-likeness (QED) is 0.796. The number of aryl methyl sites for hydroxylation is 1. The maximum atomic E-state index is 5.93. The van der Waals surface area contributed by atoms with Gasteiger partial charge in [0.15, 0.2) is 0 Å². The molecule has 0 aliphatic carbocycles. The second kappa shape index (κ2) is 5.13. The lowest BCUT2D eigenvalue weighted by molar-refractivity contribution is 0.242. The summed E-state index contributed by atoms with van der Waals surface area (Å²) in [5.74, 6) is 0.873. The van der Waals surface area contributed by atoms with Gasteiger partial charge in [0, 0.05) is 18.0 Å². The van der Waals surface area contributed by atoms with Crippen LogP contribution in [0.3, 0.4) is 0 Å². The van der Waals surface area contributed by atoms with Crippen LogP contribution in [0.2, 0.25) is 0 Å². The normalized spacial score (nSPS) is 11.2. The number of fused-ring (bicyclic) bond motifs is 1. The van der Waals surface area contributed by atoms with E-state index in [-0.39, 0.29) is 6.10 Å². The first-order valence-electron chi connectivity index (χ1n) is 7.05. The molecule has 0 saturated carbocycles. The van der Waals surface area contributed by atoms with Gasteiger partial charge in [-0.1, -0.05) is 0 Å². The molecular formula is C17H19N3O. The summed E-state index contributed by atoms with van der Waals surface area (Å²) >= 11 is 0. The molecule has 4 nitrogen and oxygen atoms in total. The highest BCUT2D eigenvalue weighted by atomic mass is 16.5. The Kier molecular flexibility index (Phi) is 3.29. The van der Waals surface area contributed by atoms with Crippen LogP contribution in [0.5, 0.6) is 5.75 Å². The molecule has 0 saturated heterocycles. The van der Waals surface area contributed by atoms with Crippen molar-refractivity contribution in [3.63, 3.8) is 0 Å². The first kappa shape index (κ1) is 13.5. The standard InChI is InChI=1S/C17H19N3O/c1-11(2)21-14-6-4-13(5-7-14)16-10-20-9-15(18)12(3)8-17(20)19-16/h4-11H,18H2,1-3H3. The van der Waals surface area contributed by atoms with Crippen LogP contribution in [-0.4, -0.2) is 15.5 Å². The predicted molar refractivity (Wildman–Crippen MR) is 85.5 cm³/mol. The Hall–Kier alpha value is -2.49. The van der Waals surface area contributed by atoms with Crippen molar-refractivity contribution in [1.82, 2.24) is 9.38 Å². The molecule has 0 unspecified atom stereocenters. The Labute approximate surface area is 124 Å². The summed E-state index contributed by atoms with van der Waals surface area (Å²) in [6.45, 7) is 6.02. The van der Waals surface area contributed by atoms with E-state index in [0.717, 1.165) is 33.9 Å². The zero-order valence-corrected chi connectivity index (χ0v) is 12.5. The SMILES string of the molecule is Cc1cc2nc(-c3ccc(OC(C)C)cc3)cn2cc1N. The smallest absolute Gasteiger partial charge is 0.137 e. The third kappa shape index (κ3) is 2.70. The van der Waals surface area contributed by atoms with Gasteiger partial charge in [-0.05, 0) is 56.7 Å². The predicted octanol–water partition coefficient (Wildman–Crippen LogP) is 3.68. The Balaban J connectivity index is 1.96. The van der Waals surface area contributed by atoms with Gasteiger partial charge in [0.25, 0.3) is 0 Å². The molecule has 3 rings (SSSR count). The number of rotatable bonds is 3. The van der Waals surface area contributed by atoms with Gasteiger partial charge < -0.3 is 14.9 Å². The maximum absolute atomic E-state index is 5.93. The van der Waals surface area contributed by atoms with Gasteiger partial charge in [0.2, 0.25) is 0 Å². The lowest BCUT2D eigenvalue weighted by Crippen LogP contribution is -2.05. The number of imidazole rings is 1. The van der Waals surface area contributed by atoms with E-state index in [1.165, 1.54) is 0 Å². The van der Waals surface area contributed by atoms with E-state index < -0.39 is 0 Å². The average Bonchev–Trinajstić information content (AvgIpc) is 2.82. The first-order valence-corrected chi connectivity index (χ1v) is 7.05. The third-order valence-electron chi connectivity index (χ3n) is 3.36. The third-order valence-corrected chi connectivity index (χ3v) is 3.36.